The van der Waals surface area contributed by atoms with Gasteiger partial charge in [0.1, 0.15) is 0 Å². The van der Waals surface area contributed by atoms with E-state index in [0.29, 0.717) is 6.61 Å². The van der Waals surface area contributed by atoms with Crippen LogP contribution in [0.4, 0.5) is 0 Å². The van der Waals surface area contributed by atoms with Gasteiger partial charge in [-0.1, -0.05) is 36.4 Å². The van der Waals surface area contributed by atoms with Crippen molar-refractivity contribution >= 4 is 5.78 Å². The number of benzene rings is 2. The van der Waals surface area contributed by atoms with E-state index in [4.69, 9.17) is 4.74 Å². The molecular weight excluding hydrogens is 224 g/mol. The van der Waals surface area contributed by atoms with Gasteiger partial charge in [-0.25, -0.2) is 0 Å². The Balaban J connectivity index is 1.97. The second kappa shape index (κ2) is 4.39. The van der Waals surface area contributed by atoms with E-state index >= 15 is 0 Å². The van der Waals surface area contributed by atoms with Crippen LogP contribution in [0.5, 0.6) is 0 Å². The average Bonchev–Trinajstić information content (AvgIpc) is 2.86. The molecule has 90 valence electrons. The summed E-state index contributed by atoms with van der Waals surface area (Å²) in [5.41, 5.74) is 5.61. The molecule has 2 nitrogen and oxygen atoms in total. The van der Waals surface area contributed by atoms with Gasteiger partial charge in [0.25, 0.3) is 0 Å². The van der Waals surface area contributed by atoms with Gasteiger partial charge in [-0.05, 0) is 35.2 Å². The number of carbonyl (C=O) groups excluding carboxylic acids is 1. The number of ketones is 1. The molecular formula is C16H14O2. The van der Waals surface area contributed by atoms with Crippen LogP contribution >= 0.6 is 0 Å². The van der Waals surface area contributed by atoms with Gasteiger partial charge in [0.15, 0.2) is 5.78 Å². The molecule has 2 aromatic rings. The topological polar surface area (TPSA) is 26.3 Å². The molecule has 3 rings (SSSR count). The fourth-order valence-corrected chi connectivity index (χ4v) is 2.25. The van der Waals surface area contributed by atoms with E-state index in [0.717, 1.165) is 17.7 Å². The largest absolute Gasteiger partial charge is 0.372 e. The molecule has 0 saturated carbocycles. The van der Waals surface area contributed by atoms with Crippen molar-refractivity contribution < 1.29 is 9.53 Å². The molecule has 18 heavy (non-hydrogen) atoms. The van der Waals surface area contributed by atoms with E-state index < -0.39 is 0 Å². The van der Waals surface area contributed by atoms with Crippen LogP contribution < -0.4 is 0 Å². The average molecular weight is 238 g/mol. The number of fused-ring (bicyclic) bond motifs is 1. The third-order valence-electron chi connectivity index (χ3n) is 3.35. The van der Waals surface area contributed by atoms with Crippen molar-refractivity contribution in [3.05, 3.63) is 59.2 Å². The highest BCUT2D eigenvalue weighted by atomic mass is 16.5. The van der Waals surface area contributed by atoms with Gasteiger partial charge < -0.3 is 4.74 Å². The molecule has 0 aromatic heterocycles. The highest BCUT2D eigenvalue weighted by Gasteiger charge is 2.11. The Morgan fingerprint density at radius 3 is 2.33 bits per heavy atom. The Morgan fingerprint density at radius 1 is 0.944 bits per heavy atom. The third kappa shape index (κ3) is 1.95. The van der Waals surface area contributed by atoms with Crippen molar-refractivity contribution in [1.82, 2.24) is 0 Å². The lowest BCUT2D eigenvalue weighted by atomic mass is 9.99. The van der Waals surface area contributed by atoms with Gasteiger partial charge in [-0.2, -0.15) is 0 Å². The van der Waals surface area contributed by atoms with Crippen molar-refractivity contribution in [2.45, 2.75) is 20.1 Å². The molecule has 0 N–H and O–H groups in total. The molecule has 1 aliphatic heterocycles. The van der Waals surface area contributed by atoms with Crippen LogP contribution in [0.1, 0.15) is 28.4 Å². The van der Waals surface area contributed by atoms with E-state index in [2.05, 4.69) is 18.2 Å². The maximum Gasteiger partial charge on any atom is 0.159 e. The lowest BCUT2D eigenvalue weighted by Crippen LogP contribution is -1.91. The molecule has 2 aromatic carbocycles. The Bertz CT molecular complexity index is 597. The first-order chi connectivity index (χ1) is 8.74. The molecule has 0 amide bonds. The van der Waals surface area contributed by atoms with Crippen molar-refractivity contribution in [2.24, 2.45) is 0 Å². The fourth-order valence-electron chi connectivity index (χ4n) is 2.25. The Hall–Kier alpha value is -1.93. The summed E-state index contributed by atoms with van der Waals surface area (Å²) in [6.45, 7) is 3.01. The van der Waals surface area contributed by atoms with Crippen molar-refractivity contribution in [2.75, 3.05) is 0 Å². The summed E-state index contributed by atoms with van der Waals surface area (Å²) in [6.07, 6.45) is 0. The molecule has 1 heterocycles. The summed E-state index contributed by atoms with van der Waals surface area (Å²) in [5, 5.41) is 0. The molecule has 1 aliphatic rings. The maximum absolute atomic E-state index is 11.2. The molecule has 0 atom stereocenters. The standard InChI is InChI=1S/C16H14O2/c1-11(17)12-2-4-13(5-3-12)14-6-7-15-9-18-10-16(15)8-14/h2-8H,9-10H2,1H3. The molecule has 2 heteroatoms. The second-order valence-electron chi connectivity index (χ2n) is 4.61. The molecule has 0 unspecified atom stereocenters. The lowest BCUT2D eigenvalue weighted by molar-refractivity contribution is 0.101. The zero-order valence-corrected chi connectivity index (χ0v) is 10.3. The summed E-state index contributed by atoms with van der Waals surface area (Å²) in [7, 11) is 0. The zero-order valence-electron chi connectivity index (χ0n) is 10.3. The monoisotopic (exact) mass is 238 g/mol. The predicted molar refractivity (Wildman–Crippen MR) is 70.4 cm³/mol. The number of carbonyl (C=O) groups is 1. The van der Waals surface area contributed by atoms with Crippen molar-refractivity contribution in [1.29, 1.82) is 0 Å². The first-order valence-electron chi connectivity index (χ1n) is 6.05. The summed E-state index contributed by atoms with van der Waals surface area (Å²) < 4.78 is 5.41. The van der Waals surface area contributed by atoms with Crippen molar-refractivity contribution in [3.63, 3.8) is 0 Å². The highest BCUT2D eigenvalue weighted by Crippen LogP contribution is 2.27. The number of Topliss-reactive ketones (excluding diaryl/α,β-unsaturated/α-hetero) is 1. The van der Waals surface area contributed by atoms with Gasteiger partial charge in [-0.3, -0.25) is 4.79 Å². The van der Waals surface area contributed by atoms with Crippen LogP contribution in [0.3, 0.4) is 0 Å². The summed E-state index contributed by atoms with van der Waals surface area (Å²) in [6, 6.07) is 14.1. The maximum atomic E-state index is 11.2. The first kappa shape index (κ1) is 11.2. The van der Waals surface area contributed by atoms with Crippen LogP contribution in [-0.4, -0.2) is 5.78 Å². The summed E-state index contributed by atoms with van der Waals surface area (Å²) >= 11 is 0. The van der Waals surface area contributed by atoms with Crippen LogP contribution in [0, 0.1) is 0 Å². The molecule has 0 bridgehead atoms. The van der Waals surface area contributed by atoms with Crippen molar-refractivity contribution in [3.8, 4) is 11.1 Å². The number of hydrogen-bond acceptors (Lipinski definition) is 2. The van der Waals surface area contributed by atoms with E-state index in [9.17, 15) is 4.79 Å². The van der Waals surface area contributed by atoms with Gasteiger partial charge in [-0.15, -0.1) is 0 Å². The molecule has 0 fully saturated rings. The molecule has 0 spiro atoms. The van der Waals surface area contributed by atoms with Crippen LogP contribution in [0.15, 0.2) is 42.5 Å². The summed E-state index contributed by atoms with van der Waals surface area (Å²) in [4.78, 5) is 11.2. The van der Waals surface area contributed by atoms with Crippen LogP contribution in [0.25, 0.3) is 11.1 Å². The molecule has 0 aliphatic carbocycles. The highest BCUT2D eigenvalue weighted by molar-refractivity contribution is 5.94. The third-order valence-corrected chi connectivity index (χ3v) is 3.35. The number of ether oxygens (including phenoxy) is 1. The molecule has 0 saturated heterocycles. The van der Waals surface area contributed by atoms with Crippen LogP contribution in [-0.2, 0) is 18.0 Å². The van der Waals surface area contributed by atoms with Gasteiger partial charge in [0.2, 0.25) is 0 Å². The van der Waals surface area contributed by atoms with Gasteiger partial charge >= 0.3 is 0 Å². The Kier molecular flexibility index (Phi) is 2.73. The SMILES string of the molecule is CC(=O)c1ccc(-c2ccc3c(c2)COC3)cc1. The fraction of sp³-hybridized carbons (Fsp3) is 0.188. The second-order valence-corrected chi connectivity index (χ2v) is 4.61. The number of rotatable bonds is 2. The Morgan fingerprint density at radius 2 is 1.61 bits per heavy atom. The molecule has 0 radical (unpaired) electrons. The van der Waals surface area contributed by atoms with Gasteiger partial charge in [0, 0.05) is 5.56 Å². The van der Waals surface area contributed by atoms with E-state index in [1.165, 1.54) is 16.7 Å². The van der Waals surface area contributed by atoms with Crippen LogP contribution in [0.2, 0.25) is 0 Å². The Labute approximate surface area is 106 Å². The minimum Gasteiger partial charge on any atom is -0.372 e. The minimum atomic E-state index is 0.101. The van der Waals surface area contributed by atoms with E-state index in [1.807, 2.05) is 24.3 Å². The first-order valence-corrected chi connectivity index (χ1v) is 6.05. The quantitative estimate of drug-likeness (QED) is 0.747. The number of hydrogen-bond donors (Lipinski definition) is 0. The lowest BCUT2D eigenvalue weighted by Gasteiger charge is -2.05. The van der Waals surface area contributed by atoms with Gasteiger partial charge in [0.05, 0.1) is 13.2 Å². The smallest absolute Gasteiger partial charge is 0.159 e. The van der Waals surface area contributed by atoms with E-state index in [1.54, 1.807) is 6.92 Å². The minimum absolute atomic E-state index is 0.101. The normalized spacial score (nSPS) is 13.4. The zero-order chi connectivity index (χ0) is 12.5. The predicted octanol–water partition coefficient (Wildman–Crippen LogP) is 3.59. The van der Waals surface area contributed by atoms with E-state index in [-0.39, 0.29) is 5.78 Å². The summed E-state index contributed by atoms with van der Waals surface area (Å²) in [5.74, 6) is 0.101.